The molecule has 0 aliphatic heterocycles. The number of rotatable bonds is 6. The molecule has 0 saturated heterocycles. The van der Waals surface area contributed by atoms with Crippen LogP contribution >= 0.6 is 31.9 Å². The fourth-order valence-corrected chi connectivity index (χ4v) is 14.0. The van der Waals surface area contributed by atoms with Gasteiger partial charge in [-0.1, -0.05) is 53.7 Å². The molecule has 1 nitrogen and oxygen atoms in total. The minimum absolute atomic E-state index is 0.0545. The number of hydrogen-bond acceptors (Lipinski definition) is 1. The maximum Gasteiger partial charge on any atom is 0.186 e. The lowest BCUT2D eigenvalue weighted by atomic mass is 10.2. The third-order valence-corrected chi connectivity index (χ3v) is 20.1. The Kier molecular flexibility index (Phi) is 8.23. The molecule has 0 aromatic heterocycles. The molecular formula is C24H34Br2F2OSi2. The lowest BCUT2D eigenvalue weighted by Gasteiger charge is -2.50. The number of hydrogen-bond donors (Lipinski definition) is 0. The third kappa shape index (κ3) is 6.37. The molecule has 2 aromatic carbocycles. The molecule has 172 valence electrons. The van der Waals surface area contributed by atoms with Crippen molar-refractivity contribution >= 4 is 48.5 Å². The van der Waals surface area contributed by atoms with Crippen molar-refractivity contribution in [3.63, 3.8) is 0 Å². The molecule has 0 radical (unpaired) electrons. The third-order valence-electron chi connectivity index (χ3n) is 6.67. The van der Waals surface area contributed by atoms with E-state index in [1.165, 1.54) is 0 Å². The minimum atomic E-state index is -2.38. The van der Waals surface area contributed by atoms with Crippen LogP contribution in [0.4, 0.5) is 8.78 Å². The van der Waals surface area contributed by atoms with Crippen molar-refractivity contribution in [1.82, 2.24) is 0 Å². The summed E-state index contributed by atoms with van der Waals surface area (Å²) in [5, 5.41) is -0.109. The monoisotopic (exact) mass is 590 g/mol. The quantitative estimate of drug-likeness (QED) is 0.304. The molecular weight excluding hydrogens is 558 g/mol. The van der Waals surface area contributed by atoms with E-state index in [-0.39, 0.29) is 21.7 Å². The summed E-state index contributed by atoms with van der Waals surface area (Å²) >= 11 is 6.50. The highest BCUT2D eigenvalue weighted by atomic mass is 79.9. The van der Waals surface area contributed by atoms with E-state index < -0.39 is 16.6 Å². The zero-order valence-electron chi connectivity index (χ0n) is 19.8. The summed E-state index contributed by atoms with van der Waals surface area (Å²) in [7, 11) is -4.76. The van der Waals surface area contributed by atoms with Crippen LogP contribution in [0, 0.1) is 11.6 Å². The van der Waals surface area contributed by atoms with E-state index in [2.05, 4.69) is 86.5 Å². The van der Waals surface area contributed by atoms with Crippen molar-refractivity contribution in [1.29, 1.82) is 0 Å². The average molecular weight is 593 g/mol. The van der Waals surface area contributed by atoms with Gasteiger partial charge in [0, 0.05) is 0 Å². The van der Waals surface area contributed by atoms with E-state index in [1.54, 1.807) is 24.3 Å². The fraction of sp³-hybridized carbons (Fsp3) is 0.500. The van der Waals surface area contributed by atoms with Crippen LogP contribution < -0.4 is 0 Å². The van der Waals surface area contributed by atoms with Gasteiger partial charge in [0.1, 0.15) is 11.6 Å². The molecule has 0 N–H and O–H groups in total. The maximum atomic E-state index is 14.2. The predicted molar refractivity (Wildman–Crippen MR) is 139 cm³/mol. The molecule has 0 bridgehead atoms. The van der Waals surface area contributed by atoms with Gasteiger partial charge in [-0.25, -0.2) is 8.78 Å². The lowest BCUT2D eigenvalue weighted by Crippen LogP contribution is -2.59. The summed E-state index contributed by atoms with van der Waals surface area (Å²) in [6.45, 7) is 17.9. The second kappa shape index (κ2) is 9.49. The van der Waals surface area contributed by atoms with Crippen LogP contribution in [0.15, 0.2) is 45.3 Å². The van der Waals surface area contributed by atoms with Gasteiger partial charge < -0.3 is 4.12 Å². The Morgan fingerprint density at radius 3 is 1.29 bits per heavy atom. The SMILES string of the molecule is CC(C)(C)[Si](C)(Cc1ccc(Br)c(F)c1)O[Si](C)(Cc1ccc(Br)c(F)c1)C(C)(C)C. The molecule has 0 spiro atoms. The molecule has 0 aliphatic rings. The van der Waals surface area contributed by atoms with Crippen LogP contribution in [0.1, 0.15) is 52.7 Å². The van der Waals surface area contributed by atoms with Gasteiger partial charge in [-0.15, -0.1) is 0 Å². The van der Waals surface area contributed by atoms with E-state index in [0.29, 0.717) is 8.95 Å². The Morgan fingerprint density at radius 1 is 0.710 bits per heavy atom. The van der Waals surface area contributed by atoms with Crippen LogP contribution in [0.25, 0.3) is 0 Å². The predicted octanol–water partition coefficient (Wildman–Crippen LogP) is 9.12. The smallest absolute Gasteiger partial charge is 0.186 e. The Balaban J connectivity index is 2.47. The fourth-order valence-electron chi connectivity index (χ4n) is 3.48. The molecule has 2 rings (SSSR count). The van der Waals surface area contributed by atoms with E-state index in [0.717, 1.165) is 23.2 Å². The summed E-state index contributed by atoms with van der Waals surface area (Å²) < 4.78 is 36.7. The van der Waals surface area contributed by atoms with Gasteiger partial charge in [-0.3, -0.25) is 0 Å². The highest BCUT2D eigenvalue weighted by molar-refractivity contribution is 9.10. The van der Waals surface area contributed by atoms with Crippen molar-refractivity contribution in [2.24, 2.45) is 0 Å². The first kappa shape index (κ1) is 26.9. The Labute approximate surface area is 205 Å². The summed E-state index contributed by atoms with van der Waals surface area (Å²) in [5.74, 6) is -0.493. The summed E-state index contributed by atoms with van der Waals surface area (Å²) in [5.41, 5.74) is 1.93. The molecule has 2 atom stereocenters. The lowest BCUT2D eigenvalue weighted by molar-refractivity contribution is 0.431. The van der Waals surface area contributed by atoms with Crippen molar-refractivity contribution in [2.45, 2.75) is 76.8 Å². The van der Waals surface area contributed by atoms with Crippen molar-refractivity contribution in [2.75, 3.05) is 0 Å². The van der Waals surface area contributed by atoms with E-state index in [4.69, 9.17) is 4.12 Å². The molecule has 31 heavy (non-hydrogen) atoms. The highest BCUT2D eigenvalue weighted by Crippen LogP contribution is 2.47. The first-order chi connectivity index (χ1) is 14.0. The molecule has 2 aromatic rings. The van der Waals surface area contributed by atoms with Gasteiger partial charge in [0.2, 0.25) is 0 Å². The van der Waals surface area contributed by atoms with Crippen molar-refractivity contribution in [3.05, 3.63) is 68.1 Å². The number of benzene rings is 2. The normalized spacial score (nSPS) is 16.6. The Bertz CT molecular complexity index is 865. The van der Waals surface area contributed by atoms with Gasteiger partial charge in [0.25, 0.3) is 0 Å². The van der Waals surface area contributed by atoms with Crippen LogP contribution in [0.5, 0.6) is 0 Å². The van der Waals surface area contributed by atoms with E-state index in [9.17, 15) is 8.78 Å². The minimum Gasteiger partial charge on any atom is -0.454 e. The number of halogens is 4. The summed E-state index contributed by atoms with van der Waals surface area (Å²) in [6.07, 6.45) is 0. The zero-order chi connectivity index (χ0) is 23.8. The molecule has 2 unspecified atom stereocenters. The van der Waals surface area contributed by atoms with Crippen molar-refractivity contribution < 1.29 is 12.9 Å². The maximum absolute atomic E-state index is 14.2. The second-order valence-electron chi connectivity index (χ2n) is 10.9. The first-order valence-corrected chi connectivity index (χ1v) is 17.4. The van der Waals surface area contributed by atoms with Crippen LogP contribution in [0.3, 0.4) is 0 Å². The van der Waals surface area contributed by atoms with E-state index in [1.807, 2.05) is 12.1 Å². The largest absolute Gasteiger partial charge is 0.454 e. The first-order valence-electron chi connectivity index (χ1n) is 10.6. The second-order valence-corrected chi connectivity index (χ2v) is 22.1. The van der Waals surface area contributed by atoms with Gasteiger partial charge in [0.05, 0.1) is 8.95 Å². The van der Waals surface area contributed by atoms with Gasteiger partial charge in [-0.2, -0.15) is 0 Å². The van der Waals surface area contributed by atoms with Gasteiger partial charge in [-0.05, 0) is 103 Å². The van der Waals surface area contributed by atoms with Crippen LogP contribution in [0.2, 0.25) is 23.2 Å². The molecule has 0 aliphatic carbocycles. The molecule has 0 amide bonds. The van der Waals surface area contributed by atoms with Gasteiger partial charge in [0.15, 0.2) is 16.6 Å². The van der Waals surface area contributed by atoms with Crippen LogP contribution in [-0.4, -0.2) is 16.6 Å². The van der Waals surface area contributed by atoms with Crippen LogP contribution in [-0.2, 0) is 16.2 Å². The molecule has 7 heteroatoms. The summed E-state index contributed by atoms with van der Waals surface area (Å²) in [6, 6.07) is 12.2. The summed E-state index contributed by atoms with van der Waals surface area (Å²) in [4.78, 5) is 0. The standard InChI is InChI=1S/C24H34Br2F2OSi2/c1-23(2,3)30(7,15-17-9-11-19(25)21(27)13-17)29-31(8,24(4,5)6)16-18-10-12-20(26)22(28)14-18/h9-14H,15-16H2,1-8H3. The topological polar surface area (TPSA) is 9.23 Å². The Hall–Kier alpha value is -0.346. The van der Waals surface area contributed by atoms with E-state index >= 15 is 0 Å². The molecule has 0 saturated carbocycles. The van der Waals surface area contributed by atoms with Crippen molar-refractivity contribution in [3.8, 4) is 0 Å². The highest BCUT2D eigenvalue weighted by Gasteiger charge is 2.51. The zero-order valence-corrected chi connectivity index (χ0v) is 25.0. The van der Waals surface area contributed by atoms with Gasteiger partial charge >= 0.3 is 0 Å². The Morgan fingerprint density at radius 2 is 1.03 bits per heavy atom. The molecule has 0 fully saturated rings. The average Bonchev–Trinajstić information content (AvgIpc) is 2.59. The molecule has 0 heterocycles.